The first-order valence-corrected chi connectivity index (χ1v) is 7.46. The molecule has 2 heterocycles. The molecule has 2 saturated heterocycles. The third-order valence-corrected chi connectivity index (χ3v) is 4.84. The fourth-order valence-electron chi connectivity index (χ4n) is 3.59. The van der Waals surface area contributed by atoms with E-state index in [-0.39, 0.29) is 0 Å². The van der Waals surface area contributed by atoms with Gasteiger partial charge in [-0.1, -0.05) is 0 Å². The van der Waals surface area contributed by atoms with Crippen LogP contribution in [0.3, 0.4) is 0 Å². The van der Waals surface area contributed by atoms with Gasteiger partial charge in [0, 0.05) is 25.2 Å². The molecule has 0 amide bonds. The second-order valence-corrected chi connectivity index (χ2v) is 6.21. The molecule has 0 radical (unpaired) electrons. The fraction of sp³-hybridized carbons (Fsp3) is 1.00. The summed E-state index contributed by atoms with van der Waals surface area (Å²) in [5.74, 6) is 1.02. The van der Waals surface area contributed by atoms with Crippen molar-refractivity contribution in [2.24, 2.45) is 5.92 Å². The molecule has 0 aromatic carbocycles. The number of hydrogen-bond acceptors (Lipinski definition) is 3. The highest BCUT2D eigenvalue weighted by Gasteiger charge is 2.34. The number of likely N-dealkylation sites (tertiary alicyclic amines) is 2. The van der Waals surface area contributed by atoms with Crippen molar-refractivity contribution in [2.45, 2.75) is 50.6 Å². The van der Waals surface area contributed by atoms with Crippen molar-refractivity contribution in [2.75, 3.05) is 32.8 Å². The Kier molecular flexibility index (Phi) is 3.69. The van der Waals surface area contributed by atoms with Gasteiger partial charge in [0.2, 0.25) is 0 Å². The molecule has 1 N–H and O–H groups in total. The van der Waals surface area contributed by atoms with E-state index in [1.807, 2.05) is 0 Å². The van der Waals surface area contributed by atoms with Crippen LogP contribution >= 0.6 is 0 Å². The summed E-state index contributed by atoms with van der Waals surface area (Å²) in [7, 11) is 0. The SMILES string of the molecule is OCC1CCCN1CC1CCCN1CC1CC1. The third kappa shape index (κ3) is 2.83. The van der Waals surface area contributed by atoms with E-state index in [1.54, 1.807) is 0 Å². The highest BCUT2D eigenvalue weighted by molar-refractivity contribution is 4.89. The number of nitrogens with zero attached hydrogens (tertiary/aromatic N) is 2. The topological polar surface area (TPSA) is 26.7 Å². The standard InChI is InChI=1S/C14H26N2O/c17-11-14-4-2-8-16(14)10-13-3-1-7-15(13)9-12-5-6-12/h12-14,17H,1-11H2. The maximum atomic E-state index is 9.38. The summed E-state index contributed by atoms with van der Waals surface area (Å²) < 4.78 is 0. The van der Waals surface area contributed by atoms with Crippen molar-refractivity contribution >= 4 is 0 Å². The monoisotopic (exact) mass is 238 g/mol. The third-order valence-electron chi connectivity index (χ3n) is 4.84. The summed E-state index contributed by atoms with van der Waals surface area (Å²) in [5, 5.41) is 9.38. The second kappa shape index (κ2) is 5.25. The molecule has 0 aromatic rings. The Labute approximate surface area is 105 Å². The maximum absolute atomic E-state index is 9.38. The highest BCUT2D eigenvalue weighted by Crippen LogP contribution is 2.32. The van der Waals surface area contributed by atoms with Crippen molar-refractivity contribution in [3.63, 3.8) is 0 Å². The van der Waals surface area contributed by atoms with Crippen molar-refractivity contribution < 1.29 is 5.11 Å². The van der Waals surface area contributed by atoms with Crippen LogP contribution < -0.4 is 0 Å². The van der Waals surface area contributed by atoms with Gasteiger partial charge in [-0.05, 0) is 57.5 Å². The van der Waals surface area contributed by atoms with Gasteiger partial charge < -0.3 is 5.11 Å². The van der Waals surface area contributed by atoms with Crippen molar-refractivity contribution in [1.29, 1.82) is 0 Å². The van der Waals surface area contributed by atoms with Gasteiger partial charge in [0.05, 0.1) is 6.61 Å². The van der Waals surface area contributed by atoms with E-state index in [9.17, 15) is 5.11 Å². The summed E-state index contributed by atoms with van der Waals surface area (Å²) in [5.41, 5.74) is 0. The normalized spacial score (nSPS) is 35.8. The molecule has 98 valence electrons. The van der Waals surface area contributed by atoms with Crippen LogP contribution in [0.2, 0.25) is 0 Å². The van der Waals surface area contributed by atoms with E-state index in [0.29, 0.717) is 12.6 Å². The summed E-state index contributed by atoms with van der Waals surface area (Å²) in [6.07, 6.45) is 8.17. The average molecular weight is 238 g/mol. The molecule has 3 aliphatic rings. The molecule has 3 heteroatoms. The van der Waals surface area contributed by atoms with Crippen molar-refractivity contribution in [1.82, 2.24) is 9.80 Å². The van der Waals surface area contributed by atoms with E-state index < -0.39 is 0 Å². The smallest absolute Gasteiger partial charge is 0.0586 e. The van der Waals surface area contributed by atoms with Crippen LogP contribution in [0, 0.1) is 5.92 Å². The lowest BCUT2D eigenvalue weighted by atomic mass is 10.1. The fourth-order valence-corrected chi connectivity index (χ4v) is 3.59. The Morgan fingerprint density at radius 1 is 0.824 bits per heavy atom. The first kappa shape index (κ1) is 11.9. The molecule has 17 heavy (non-hydrogen) atoms. The Morgan fingerprint density at radius 2 is 1.47 bits per heavy atom. The summed E-state index contributed by atoms with van der Waals surface area (Å²) in [6, 6.07) is 1.24. The van der Waals surface area contributed by atoms with E-state index in [2.05, 4.69) is 9.80 Å². The predicted molar refractivity (Wildman–Crippen MR) is 69.0 cm³/mol. The van der Waals surface area contributed by atoms with E-state index in [4.69, 9.17) is 0 Å². The average Bonchev–Trinajstić information content (AvgIpc) is 2.87. The molecule has 0 spiro atoms. The second-order valence-electron chi connectivity index (χ2n) is 6.21. The van der Waals surface area contributed by atoms with Gasteiger partial charge in [-0.2, -0.15) is 0 Å². The Balaban J connectivity index is 1.52. The van der Waals surface area contributed by atoms with Crippen LogP contribution in [0.25, 0.3) is 0 Å². The molecular formula is C14H26N2O. The number of aliphatic hydroxyl groups is 1. The van der Waals surface area contributed by atoms with Crippen LogP contribution in [0.1, 0.15) is 38.5 Å². The number of aliphatic hydroxyl groups excluding tert-OH is 1. The molecule has 1 aliphatic carbocycles. The van der Waals surface area contributed by atoms with Gasteiger partial charge in [-0.25, -0.2) is 0 Å². The first-order valence-electron chi connectivity index (χ1n) is 7.46. The largest absolute Gasteiger partial charge is 0.395 e. The minimum absolute atomic E-state index is 0.356. The van der Waals surface area contributed by atoms with Gasteiger partial charge >= 0.3 is 0 Å². The van der Waals surface area contributed by atoms with E-state index >= 15 is 0 Å². The van der Waals surface area contributed by atoms with Crippen molar-refractivity contribution in [3.8, 4) is 0 Å². The molecule has 0 bridgehead atoms. The molecule has 1 saturated carbocycles. The zero-order chi connectivity index (χ0) is 11.7. The van der Waals surface area contributed by atoms with Gasteiger partial charge in [-0.3, -0.25) is 9.80 Å². The lowest BCUT2D eigenvalue weighted by Gasteiger charge is -2.31. The van der Waals surface area contributed by atoms with Gasteiger partial charge in [0.15, 0.2) is 0 Å². The lowest BCUT2D eigenvalue weighted by molar-refractivity contribution is 0.120. The highest BCUT2D eigenvalue weighted by atomic mass is 16.3. The van der Waals surface area contributed by atoms with Crippen LogP contribution in [-0.2, 0) is 0 Å². The molecule has 3 fully saturated rings. The quantitative estimate of drug-likeness (QED) is 0.782. The number of hydrogen-bond donors (Lipinski definition) is 1. The van der Waals surface area contributed by atoms with Crippen molar-refractivity contribution in [3.05, 3.63) is 0 Å². The lowest BCUT2D eigenvalue weighted by Crippen LogP contribution is -2.44. The minimum Gasteiger partial charge on any atom is -0.395 e. The summed E-state index contributed by atoms with van der Waals surface area (Å²) >= 11 is 0. The maximum Gasteiger partial charge on any atom is 0.0586 e. The minimum atomic E-state index is 0.356. The summed E-state index contributed by atoms with van der Waals surface area (Å²) in [6.45, 7) is 5.44. The van der Waals surface area contributed by atoms with Gasteiger partial charge in [0.25, 0.3) is 0 Å². The Hall–Kier alpha value is -0.120. The van der Waals surface area contributed by atoms with Gasteiger partial charge in [0.1, 0.15) is 0 Å². The molecule has 2 aliphatic heterocycles. The Bertz CT molecular complexity index is 255. The zero-order valence-electron chi connectivity index (χ0n) is 10.9. The zero-order valence-corrected chi connectivity index (χ0v) is 10.9. The van der Waals surface area contributed by atoms with Gasteiger partial charge in [-0.15, -0.1) is 0 Å². The molecular weight excluding hydrogens is 212 g/mol. The van der Waals surface area contributed by atoms with Crippen LogP contribution in [0.5, 0.6) is 0 Å². The Morgan fingerprint density at radius 3 is 2.12 bits per heavy atom. The van der Waals surface area contributed by atoms with Crippen LogP contribution in [0.15, 0.2) is 0 Å². The molecule has 3 rings (SSSR count). The van der Waals surface area contributed by atoms with E-state index in [1.165, 1.54) is 64.7 Å². The number of rotatable bonds is 5. The molecule has 0 aromatic heterocycles. The van der Waals surface area contributed by atoms with Crippen LogP contribution in [-0.4, -0.2) is 59.8 Å². The molecule has 2 unspecified atom stereocenters. The molecule has 2 atom stereocenters. The predicted octanol–water partition coefficient (Wildman–Crippen LogP) is 1.32. The first-order chi connectivity index (χ1) is 8.36. The van der Waals surface area contributed by atoms with E-state index in [0.717, 1.165) is 12.0 Å². The van der Waals surface area contributed by atoms with Crippen LogP contribution in [0.4, 0.5) is 0 Å². The summed E-state index contributed by atoms with van der Waals surface area (Å²) in [4.78, 5) is 5.26. The molecule has 3 nitrogen and oxygen atoms in total.